The molecular weight excluding hydrogens is 507 g/mol. The molecule has 2 aromatic rings. The average Bonchev–Trinajstić information content (AvgIpc) is 3.35. The number of nitro benzene ring substituents is 1. The smallest absolute Gasteiger partial charge is 0.416 e. The van der Waals surface area contributed by atoms with Crippen LogP contribution >= 0.6 is 11.6 Å². The molecule has 0 N–H and O–H groups in total. The average molecular weight is 526 g/mol. The third-order valence-corrected chi connectivity index (χ3v) is 5.63. The SMILES string of the molecule is N#CC(C(=O)CCOc1cc(Oc2ccc(C(F)(F)F)cc2Cl)ccc1[N+](=O)[O-])C(=O)N1CCCC1. The summed E-state index contributed by atoms with van der Waals surface area (Å²) in [5.74, 6) is -3.18. The van der Waals surface area contributed by atoms with Crippen molar-refractivity contribution in [2.24, 2.45) is 5.92 Å². The molecule has 1 aliphatic heterocycles. The van der Waals surface area contributed by atoms with Gasteiger partial charge in [-0.1, -0.05) is 11.6 Å². The number of ketones is 1. The number of rotatable bonds is 9. The summed E-state index contributed by atoms with van der Waals surface area (Å²) in [6, 6.07) is 7.53. The fourth-order valence-corrected chi connectivity index (χ4v) is 3.72. The van der Waals surface area contributed by atoms with Crippen molar-refractivity contribution in [1.82, 2.24) is 4.90 Å². The first-order chi connectivity index (χ1) is 17.0. The van der Waals surface area contributed by atoms with E-state index in [1.54, 1.807) is 6.07 Å². The van der Waals surface area contributed by atoms with Gasteiger partial charge in [0.05, 0.1) is 28.2 Å². The van der Waals surface area contributed by atoms with E-state index in [1.807, 2.05) is 0 Å². The highest BCUT2D eigenvalue weighted by molar-refractivity contribution is 6.32. The summed E-state index contributed by atoms with van der Waals surface area (Å²) in [6.45, 7) is 0.584. The highest BCUT2D eigenvalue weighted by Crippen LogP contribution is 2.38. The zero-order chi connectivity index (χ0) is 26.5. The van der Waals surface area contributed by atoms with Crippen molar-refractivity contribution in [2.75, 3.05) is 19.7 Å². The summed E-state index contributed by atoms with van der Waals surface area (Å²) >= 11 is 5.88. The molecule has 1 fully saturated rings. The van der Waals surface area contributed by atoms with Crippen molar-refractivity contribution in [3.05, 3.63) is 57.1 Å². The topological polar surface area (TPSA) is 123 Å². The van der Waals surface area contributed by atoms with Gasteiger partial charge in [0.1, 0.15) is 11.5 Å². The predicted molar refractivity (Wildman–Crippen MR) is 120 cm³/mol. The first kappa shape index (κ1) is 26.7. The zero-order valence-corrected chi connectivity index (χ0v) is 19.3. The number of carbonyl (C=O) groups is 2. The molecule has 1 aliphatic rings. The van der Waals surface area contributed by atoms with E-state index in [0.717, 1.165) is 37.1 Å². The minimum Gasteiger partial charge on any atom is -0.486 e. The summed E-state index contributed by atoms with van der Waals surface area (Å²) in [4.78, 5) is 36.9. The van der Waals surface area contributed by atoms with E-state index in [4.69, 9.17) is 21.1 Å². The molecule has 36 heavy (non-hydrogen) atoms. The Morgan fingerprint density at radius 2 is 1.86 bits per heavy atom. The lowest BCUT2D eigenvalue weighted by Crippen LogP contribution is -2.37. The Balaban J connectivity index is 1.70. The first-order valence-corrected chi connectivity index (χ1v) is 11.1. The number of nitro groups is 1. The molecular formula is C23H19ClF3N3O6. The second kappa shape index (κ2) is 11.3. The lowest BCUT2D eigenvalue weighted by Gasteiger charge is -2.18. The van der Waals surface area contributed by atoms with E-state index in [-0.39, 0.29) is 35.3 Å². The Hall–Kier alpha value is -3.85. The molecule has 0 spiro atoms. The highest BCUT2D eigenvalue weighted by atomic mass is 35.5. The standard InChI is InChI=1S/C23H19ClF3N3O6/c24-17-11-14(23(25,26)27)3-6-20(17)36-15-4-5-18(30(33)34)21(12-15)35-10-7-19(31)16(13-28)22(32)29-8-1-2-9-29/h3-6,11-12,16H,1-2,7-10H2. The predicted octanol–water partition coefficient (Wildman–Crippen LogP) is 5.16. The van der Waals surface area contributed by atoms with Gasteiger partial charge in [-0.25, -0.2) is 0 Å². The fraction of sp³-hybridized carbons (Fsp3) is 0.348. The molecule has 13 heteroatoms. The lowest BCUT2D eigenvalue weighted by molar-refractivity contribution is -0.385. The van der Waals surface area contributed by atoms with Crippen molar-refractivity contribution in [2.45, 2.75) is 25.4 Å². The number of halogens is 4. The second-order valence-electron chi connectivity index (χ2n) is 7.79. The minimum absolute atomic E-state index is 0.0253. The second-order valence-corrected chi connectivity index (χ2v) is 8.20. The van der Waals surface area contributed by atoms with Crippen LogP contribution in [0.5, 0.6) is 17.2 Å². The number of hydrogen-bond acceptors (Lipinski definition) is 7. The highest BCUT2D eigenvalue weighted by Gasteiger charge is 2.32. The van der Waals surface area contributed by atoms with Gasteiger partial charge in [0, 0.05) is 31.6 Å². The Morgan fingerprint density at radius 1 is 1.17 bits per heavy atom. The Kier molecular flexibility index (Phi) is 8.37. The van der Waals surface area contributed by atoms with Crippen LogP contribution in [0.3, 0.4) is 0 Å². The van der Waals surface area contributed by atoms with Gasteiger partial charge in [-0.05, 0) is 37.1 Å². The van der Waals surface area contributed by atoms with Gasteiger partial charge in [-0.15, -0.1) is 0 Å². The van der Waals surface area contributed by atoms with Crippen LogP contribution < -0.4 is 9.47 Å². The maximum atomic E-state index is 12.8. The summed E-state index contributed by atoms with van der Waals surface area (Å²) in [6.07, 6.45) is -3.37. The number of benzene rings is 2. The molecule has 190 valence electrons. The number of likely N-dealkylation sites (tertiary alicyclic amines) is 1. The maximum absolute atomic E-state index is 12.8. The zero-order valence-electron chi connectivity index (χ0n) is 18.6. The molecule has 1 saturated heterocycles. The Labute approximate surface area is 208 Å². The quantitative estimate of drug-likeness (QED) is 0.252. The Bertz CT molecular complexity index is 1210. The van der Waals surface area contributed by atoms with Crippen molar-refractivity contribution in [3.63, 3.8) is 0 Å². The van der Waals surface area contributed by atoms with Gasteiger partial charge in [0.25, 0.3) is 0 Å². The van der Waals surface area contributed by atoms with E-state index in [0.29, 0.717) is 19.2 Å². The van der Waals surface area contributed by atoms with Gasteiger partial charge in [-0.3, -0.25) is 19.7 Å². The third kappa shape index (κ3) is 6.42. The summed E-state index contributed by atoms with van der Waals surface area (Å²) in [7, 11) is 0. The van der Waals surface area contributed by atoms with Crippen LogP contribution in [0.15, 0.2) is 36.4 Å². The monoisotopic (exact) mass is 525 g/mol. The van der Waals surface area contributed by atoms with Crippen LogP contribution in [0, 0.1) is 27.4 Å². The Morgan fingerprint density at radius 3 is 2.44 bits per heavy atom. The van der Waals surface area contributed by atoms with Crippen molar-refractivity contribution in [3.8, 4) is 23.3 Å². The van der Waals surface area contributed by atoms with Gasteiger partial charge < -0.3 is 14.4 Å². The van der Waals surface area contributed by atoms with E-state index >= 15 is 0 Å². The molecule has 0 bridgehead atoms. The largest absolute Gasteiger partial charge is 0.486 e. The molecule has 1 amide bonds. The number of carbonyl (C=O) groups excluding carboxylic acids is 2. The molecule has 3 rings (SSSR count). The molecule has 1 atom stereocenters. The number of alkyl halides is 3. The van der Waals surface area contributed by atoms with Gasteiger partial charge in [0.15, 0.2) is 11.7 Å². The van der Waals surface area contributed by atoms with Crippen molar-refractivity contribution >= 4 is 29.0 Å². The number of ether oxygens (including phenoxy) is 2. The number of nitriles is 1. The van der Waals surface area contributed by atoms with Crippen LogP contribution in [0.1, 0.15) is 24.8 Å². The molecule has 2 aromatic carbocycles. The van der Waals surface area contributed by atoms with Gasteiger partial charge >= 0.3 is 11.9 Å². The van der Waals surface area contributed by atoms with Crippen LogP contribution in [-0.2, 0) is 15.8 Å². The van der Waals surface area contributed by atoms with Gasteiger partial charge in [-0.2, -0.15) is 18.4 Å². The summed E-state index contributed by atoms with van der Waals surface area (Å²) in [5.41, 5.74) is -1.44. The number of hydrogen-bond donors (Lipinski definition) is 0. The van der Waals surface area contributed by atoms with E-state index in [9.17, 15) is 38.1 Å². The lowest BCUT2D eigenvalue weighted by atomic mass is 10.0. The van der Waals surface area contributed by atoms with Crippen LogP contribution in [-0.4, -0.2) is 41.2 Å². The van der Waals surface area contributed by atoms with Crippen molar-refractivity contribution in [1.29, 1.82) is 5.26 Å². The molecule has 1 unspecified atom stereocenters. The maximum Gasteiger partial charge on any atom is 0.416 e. The van der Waals surface area contributed by atoms with Gasteiger partial charge in [0.2, 0.25) is 11.7 Å². The molecule has 1 heterocycles. The van der Waals surface area contributed by atoms with Crippen LogP contribution in [0.4, 0.5) is 18.9 Å². The first-order valence-electron chi connectivity index (χ1n) is 10.7. The van der Waals surface area contributed by atoms with E-state index < -0.39 is 40.0 Å². The number of nitrogens with zero attached hydrogens (tertiary/aromatic N) is 3. The minimum atomic E-state index is -4.60. The number of Topliss-reactive ketones (excluding diaryl/α,β-unsaturated/α-hetero) is 1. The third-order valence-electron chi connectivity index (χ3n) is 5.34. The molecule has 9 nitrogen and oxygen atoms in total. The normalized spacial score (nSPS) is 14.1. The van der Waals surface area contributed by atoms with E-state index in [1.165, 1.54) is 11.0 Å². The molecule has 0 saturated carbocycles. The van der Waals surface area contributed by atoms with Crippen LogP contribution in [0.25, 0.3) is 0 Å². The van der Waals surface area contributed by atoms with E-state index in [2.05, 4.69) is 0 Å². The van der Waals surface area contributed by atoms with Crippen LogP contribution in [0.2, 0.25) is 5.02 Å². The van der Waals surface area contributed by atoms with Crippen molar-refractivity contribution < 1.29 is 37.2 Å². The number of amides is 1. The summed E-state index contributed by atoms with van der Waals surface area (Å²) in [5, 5.41) is 20.3. The molecule has 0 radical (unpaired) electrons. The molecule has 0 aliphatic carbocycles. The molecule has 0 aromatic heterocycles. The fourth-order valence-electron chi connectivity index (χ4n) is 3.50. The summed E-state index contributed by atoms with van der Waals surface area (Å²) < 4.78 is 49.3.